The van der Waals surface area contributed by atoms with Crippen molar-refractivity contribution in [2.45, 2.75) is 5.66 Å². The van der Waals surface area contributed by atoms with Gasteiger partial charge in [0, 0.05) is 27.4 Å². The zero-order valence-electron chi connectivity index (χ0n) is 25.3. The summed E-state index contributed by atoms with van der Waals surface area (Å²) in [5, 5.41) is 2.60. The highest BCUT2D eigenvalue weighted by molar-refractivity contribution is 7.82. The van der Waals surface area contributed by atoms with Crippen LogP contribution in [0, 0.1) is 0 Å². The van der Waals surface area contributed by atoms with E-state index in [0.717, 1.165) is 5.56 Å². The van der Waals surface area contributed by atoms with Gasteiger partial charge in [0.1, 0.15) is 30.1 Å². The summed E-state index contributed by atoms with van der Waals surface area (Å²) in [7, 11) is -0.519. The first-order valence-electron chi connectivity index (χ1n) is 14.2. The van der Waals surface area contributed by atoms with Crippen molar-refractivity contribution in [1.29, 1.82) is 0 Å². The summed E-state index contributed by atoms with van der Waals surface area (Å²) in [5.74, 6) is 2.65. The summed E-state index contributed by atoms with van der Waals surface area (Å²) in [6.07, 6.45) is 0.116. The van der Waals surface area contributed by atoms with Crippen molar-refractivity contribution in [2.24, 2.45) is 0 Å². The van der Waals surface area contributed by atoms with Gasteiger partial charge in [-0.2, -0.15) is 0 Å². The Morgan fingerprint density at radius 1 is 0.455 bits per heavy atom. The first-order valence-corrected chi connectivity index (χ1v) is 17.8. The number of benzene rings is 5. The maximum absolute atomic E-state index is 16.0. The third-order valence-corrected chi connectivity index (χ3v) is 14.9. The molecule has 226 valence electrons. The molecule has 6 nitrogen and oxygen atoms in total. The van der Waals surface area contributed by atoms with Gasteiger partial charge in [-0.1, -0.05) is 30.3 Å². The number of methoxy groups -OCH3 is 4. The third-order valence-electron chi connectivity index (χ3n) is 7.94. The summed E-state index contributed by atoms with van der Waals surface area (Å²) < 4.78 is 53.3. The van der Waals surface area contributed by atoms with Gasteiger partial charge in [0.25, 0.3) is 0 Å². The standard InChI is InChI=1S/C36H36O6P2/c1-39-28-10-18-32(19-11-28)43(37,33-20-12-29(40-2)13-21-33)26-36(27-8-6-5-7-9-27)44(38,34-22-14-30(41-3)15-23-34)35-24-16-31(42-4)17-25-35/h5-25,36H,26H2,1-4H3. The van der Waals surface area contributed by atoms with Crippen LogP contribution in [0.2, 0.25) is 0 Å². The lowest BCUT2D eigenvalue weighted by molar-refractivity contribution is 0.414. The van der Waals surface area contributed by atoms with Gasteiger partial charge < -0.3 is 28.1 Å². The molecule has 0 N–H and O–H groups in total. The van der Waals surface area contributed by atoms with Crippen LogP contribution in [-0.4, -0.2) is 34.6 Å². The van der Waals surface area contributed by atoms with E-state index in [1.807, 2.05) is 127 Å². The highest BCUT2D eigenvalue weighted by Crippen LogP contribution is 2.63. The fraction of sp³-hybridized carbons (Fsp3) is 0.167. The lowest BCUT2D eigenvalue weighted by Gasteiger charge is -2.33. The van der Waals surface area contributed by atoms with Crippen LogP contribution in [0.15, 0.2) is 127 Å². The molecule has 5 aromatic carbocycles. The first-order chi connectivity index (χ1) is 21.3. The van der Waals surface area contributed by atoms with Gasteiger partial charge in [-0.3, -0.25) is 0 Å². The fourth-order valence-corrected chi connectivity index (χ4v) is 12.6. The van der Waals surface area contributed by atoms with Gasteiger partial charge in [0.05, 0.1) is 34.1 Å². The Morgan fingerprint density at radius 3 is 1.09 bits per heavy atom. The van der Waals surface area contributed by atoms with E-state index in [0.29, 0.717) is 44.2 Å². The minimum absolute atomic E-state index is 0.116. The van der Waals surface area contributed by atoms with Crippen molar-refractivity contribution in [3.05, 3.63) is 133 Å². The monoisotopic (exact) mass is 626 g/mol. The molecule has 5 aromatic rings. The van der Waals surface area contributed by atoms with E-state index in [9.17, 15) is 0 Å². The largest absolute Gasteiger partial charge is 0.497 e. The van der Waals surface area contributed by atoms with E-state index in [4.69, 9.17) is 18.9 Å². The molecule has 0 aliphatic rings. The molecule has 0 aliphatic heterocycles. The Balaban J connectivity index is 1.77. The topological polar surface area (TPSA) is 71.1 Å². The second-order valence-electron chi connectivity index (χ2n) is 10.3. The van der Waals surface area contributed by atoms with Crippen LogP contribution < -0.4 is 40.2 Å². The number of hydrogen-bond donors (Lipinski definition) is 0. The molecule has 1 atom stereocenters. The summed E-state index contributed by atoms with van der Waals surface area (Å²) in [6.45, 7) is 0. The van der Waals surface area contributed by atoms with Crippen molar-refractivity contribution >= 4 is 35.5 Å². The molecular weight excluding hydrogens is 590 g/mol. The molecule has 5 rings (SSSR count). The van der Waals surface area contributed by atoms with Crippen molar-refractivity contribution in [2.75, 3.05) is 34.6 Å². The van der Waals surface area contributed by atoms with E-state index in [2.05, 4.69) is 0 Å². The SMILES string of the molecule is COc1ccc(P(=O)(CC(c2ccccc2)P(=O)(c2ccc(OC)cc2)c2ccc(OC)cc2)c2ccc(OC)cc2)cc1. The van der Waals surface area contributed by atoms with Crippen LogP contribution in [0.4, 0.5) is 0 Å². The predicted octanol–water partition coefficient (Wildman–Crippen LogP) is 6.79. The minimum Gasteiger partial charge on any atom is -0.497 e. The Kier molecular flexibility index (Phi) is 9.64. The summed E-state index contributed by atoms with van der Waals surface area (Å²) in [6, 6.07) is 39.1. The molecule has 0 heterocycles. The van der Waals surface area contributed by atoms with Crippen LogP contribution in [0.1, 0.15) is 11.2 Å². The zero-order chi connectivity index (χ0) is 31.2. The van der Waals surface area contributed by atoms with Crippen LogP contribution in [0.3, 0.4) is 0 Å². The smallest absolute Gasteiger partial charge is 0.150 e. The number of rotatable bonds is 12. The lowest BCUT2D eigenvalue weighted by atomic mass is 10.2. The third kappa shape index (κ3) is 6.19. The molecule has 0 fully saturated rings. The van der Waals surface area contributed by atoms with Crippen LogP contribution in [0.25, 0.3) is 0 Å². The maximum atomic E-state index is 16.0. The van der Waals surface area contributed by atoms with Gasteiger partial charge in [0.15, 0.2) is 7.14 Å². The molecule has 0 amide bonds. The van der Waals surface area contributed by atoms with Gasteiger partial charge in [0.2, 0.25) is 0 Å². The highest BCUT2D eigenvalue weighted by Gasteiger charge is 2.43. The molecule has 0 bridgehead atoms. The molecule has 44 heavy (non-hydrogen) atoms. The van der Waals surface area contributed by atoms with E-state index in [-0.39, 0.29) is 6.16 Å². The normalized spacial score (nSPS) is 12.3. The van der Waals surface area contributed by atoms with Crippen LogP contribution in [-0.2, 0) is 9.13 Å². The Labute approximate surface area is 259 Å². The molecule has 0 saturated heterocycles. The summed E-state index contributed by atoms with van der Waals surface area (Å²) in [4.78, 5) is 0. The molecule has 0 aromatic heterocycles. The van der Waals surface area contributed by atoms with Gasteiger partial charge >= 0.3 is 0 Å². The number of hydrogen-bond acceptors (Lipinski definition) is 6. The Morgan fingerprint density at radius 2 is 0.773 bits per heavy atom. The summed E-state index contributed by atoms with van der Waals surface area (Å²) >= 11 is 0. The van der Waals surface area contributed by atoms with Crippen molar-refractivity contribution in [3.63, 3.8) is 0 Å². The summed E-state index contributed by atoms with van der Waals surface area (Å²) in [5.41, 5.74) is 0.199. The van der Waals surface area contributed by atoms with E-state index in [1.165, 1.54) is 0 Å². The molecular formula is C36H36O6P2. The zero-order valence-corrected chi connectivity index (χ0v) is 27.0. The molecule has 0 spiro atoms. The molecule has 1 unspecified atom stereocenters. The van der Waals surface area contributed by atoms with Gasteiger partial charge in [-0.15, -0.1) is 0 Å². The lowest BCUT2D eigenvalue weighted by Crippen LogP contribution is -2.27. The maximum Gasteiger partial charge on any atom is 0.150 e. The van der Waals surface area contributed by atoms with Crippen LogP contribution in [0.5, 0.6) is 23.0 Å². The molecule has 8 heteroatoms. The van der Waals surface area contributed by atoms with Crippen molar-refractivity contribution in [1.82, 2.24) is 0 Å². The van der Waals surface area contributed by atoms with Crippen molar-refractivity contribution in [3.8, 4) is 23.0 Å². The number of ether oxygens (including phenoxy) is 4. The van der Waals surface area contributed by atoms with Crippen molar-refractivity contribution < 1.29 is 28.1 Å². The Hall–Kier alpha value is -4.24. The molecule has 0 saturated carbocycles. The Bertz CT molecular complexity index is 1650. The van der Waals surface area contributed by atoms with Gasteiger partial charge in [-0.25, -0.2) is 0 Å². The van der Waals surface area contributed by atoms with E-state index < -0.39 is 19.9 Å². The van der Waals surface area contributed by atoms with E-state index >= 15 is 9.13 Å². The van der Waals surface area contributed by atoms with Crippen LogP contribution >= 0.6 is 14.3 Å². The second kappa shape index (κ2) is 13.6. The average Bonchev–Trinajstić information content (AvgIpc) is 3.10. The average molecular weight is 627 g/mol. The van der Waals surface area contributed by atoms with Gasteiger partial charge in [-0.05, 0) is 103 Å². The molecule has 0 radical (unpaired) electrons. The quantitative estimate of drug-likeness (QED) is 0.142. The minimum atomic E-state index is -3.52. The van der Waals surface area contributed by atoms with E-state index in [1.54, 1.807) is 28.4 Å². The highest BCUT2D eigenvalue weighted by atomic mass is 31.2. The second-order valence-corrected chi connectivity index (χ2v) is 16.1. The molecule has 0 aliphatic carbocycles. The predicted molar refractivity (Wildman–Crippen MR) is 180 cm³/mol. The fourth-order valence-electron chi connectivity index (χ4n) is 5.47. The first kappa shape index (κ1) is 31.2.